The Labute approximate surface area is 178 Å². The van der Waals surface area contributed by atoms with E-state index in [0.29, 0.717) is 26.2 Å². The van der Waals surface area contributed by atoms with Crippen LogP contribution in [0.1, 0.15) is 18.5 Å². The molecule has 0 aliphatic carbocycles. The molecule has 31 heavy (non-hydrogen) atoms. The number of anilines is 2. The van der Waals surface area contributed by atoms with E-state index >= 15 is 8.78 Å². The topological polar surface area (TPSA) is 86.8 Å². The van der Waals surface area contributed by atoms with Gasteiger partial charge in [0.2, 0.25) is 5.91 Å². The molecule has 0 bridgehead atoms. The van der Waals surface area contributed by atoms with Crippen LogP contribution in [0.5, 0.6) is 0 Å². The van der Waals surface area contributed by atoms with Crippen LogP contribution >= 0.6 is 0 Å². The van der Waals surface area contributed by atoms with Crippen LogP contribution in [0.3, 0.4) is 0 Å². The summed E-state index contributed by atoms with van der Waals surface area (Å²) in [4.78, 5) is 30.8. The Bertz CT molecular complexity index is 944. The third kappa shape index (κ3) is 4.52. The molecule has 2 fully saturated rings. The Morgan fingerprint density at radius 3 is 2.32 bits per heavy atom. The molecule has 2 aromatic rings. The summed E-state index contributed by atoms with van der Waals surface area (Å²) in [5.41, 5.74) is 1.12. The van der Waals surface area contributed by atoms with E-state index < -0.39 is 35.8 Å². The maximum Gasteiger partial charge on any atom is 0.407 e. The third-order valence-corrected chi connectivity index (χ3v) is 5.46. The molecule has 0 radical (unpaired) electrons. The van der Waals surface area contributed by atoms with E-state index in [1.807, 2.05) is 12.1 Å². The van der Waals surface area contributed by atoms with Crippen LogP contribution in [0, 0.1) is 11.6 Å². The molecule has 1 aromatic heterocycles. The first-order chi connectivity index (χ1) is 14.9. The minimum Gasteiger partial charge on any atom is -0.442 e. The number of nitrogens with zero attached hydrogens (tertiary/aromatic N) is 3. The molecule has 8 nitrogen and oxygen atoms in total. The standard InChI is InChI=1S/C21H23F2N5O3/c1-13(29)26-19(18-12-25-21(30)31-18)14-10-16(22)20(17(23)11-14)28-8-6-27(7-9-28)15-2-4-24-5-3-15/h2-5,10-11,18-19H,6-9,12H2,1H3,(H,25,30)(H,26,29)/t18-,19?/m0/s1. The summed E-state index contributed by atoms with van der Waals surface area (Å²) in [7, 11) is 0. The van der Waals surface area contributed by atoms with Crippen molar-refractivity contribution in [3.63, 3.8) is 0 Å². The van der Waals surface area contributed by atoms with Crippen molar-refractivity contribution in [2.24, 2.45) is 0 Å². The van der Waals surface area contributed by atoms with Crippen LogP contribution in [0.2, 0.25) is 0 Å². The Kier molecular flexibility index (Phi) is 5.88. The maximum atomic E-state index is 15.0. The van der Waals surface area contributed by atoms with E-state index in [1.54, 1.807) is 17.3 Å². The number of amides is 2. The number of alkyl carbamates (subject to hydrolysis) is 1. The van der Waals surface area contributed by atoms with E-state index in [4.69, 9.17) is 4.74 Å². The minimum atomic E-state index is -0.863. The lowest BCUT2D eigenvalue weighted by molar-refractivity contribution is -0.120. The highest BCUT2D eigenvalue weighted by Crippen LogP contribution is 2.31. The van der Waals surface area contributed by atoms with Gasteiger partial charge in [0.1, 0.15) is 23.4 Å². The molecule has 0 spiro atoms. The highest BCUT2D eigenvalue weighted by atomic mass is 19.1. The van der Waals surface area contributed by atoms with Crippen molar-refractivity contribution < 1.29 is 23.1 Å². The van der Waals surface area contributed by atoms with Gasteiger partial charge in [-0.2, -0.15) is 0 Å². The number of hydrogen-bond donors (Lipinski definition) is 2. The molecule has 164 valence electrons. The molecule has 2 amide bonds. The fraction of sp³-hybridized carbons (Fsp3) is 0.381. The maximum absolute atomic E-state index is 15.0. The minimum absolute atomic E-state index is 0.0961. The molecule has 3 heterocycles. The van der Waals surface area contributed by atoms with Crippen molar-refractivity contribution in [1.82, 2.24) is 15.6 Å². The molecule has 2 aliphatic rings. The molecule has 4 rings (SSSR count). The Hall–Kier alpha value is -3.43. The monoisotopic (exact) mass is 431 g/mol. The second-order valence-corrected chi connectivity index (χ2v) is 7.52. The van der Waals surface area contributed by atoms with E-state index in [0.717, 1.165) is 5.69 Å². The van der Waals surface area contributed by atoms with Gasteiger partial charge in [-0.05, 0) is 29.8 Å². The molecule has 1 unspecified atom stereocenters. The van der Waals surface area contributed by atoms with Crippen molar-refractivity contribution in [3.05, 3.63) is 53.9 Å². The Balaban J connectivity index is 1.53. The lowest BCUT2D eigenvalue weighted by Gasteiger charge is -2.37. The van der Waals surface area contributed by atoms with Gasteiger partial charge in [-0.25, -0.2) is 13.6 Å². The van der Waals surface area contributed by atoms with Gasteiger partial charge in [0.25, 0.3) is 0 Å². The first-order valence-corrected chi connectivity index (χ1v) is 10.0. The summed E-state index contributed by atoms with van der Waals surface area (Å²) < 4.78 is 35.2. The van der Waals surface area contributed by atoms with E-state index in [9.17, 15) is 9.59 Å². The zero-order valence-corrected chi connectivity index (χ0v) is 17.0. The molecule has 2 N–H and O–H groups in total. The number of benzene rings is 1. The summed E-state index contributed by atoms with van der Waals surface area (Å²) >= 11 is 0. The number of halogens is 2. The summed E-state index contributed by atoms with van der Waals surface area (Å²) in [5.74, 6) is -1.84. The van der Waals surface area contributed by atoms with Crippen molar-refractivity contribution >= 4 is 23.4 Å². The van der Waals surface area contributed by atoms with Gasteiger partial charge in [-0.1, -0.05) is 0 Å². The van der Waals surface area contributed by atoms with Gasteiger partial charge in [-0.3, -0.25) is 9.78 Å². The normalized spacial score (nSPS) is 19.6. The molecular formula is C21H23F2N5O3. The zero-order valence-electron chi connectivity index (χ0n) is 17.0. The lowest BCUT2D eigenvalue weighted by Crippen LogP contribution is -2.47. The van der Waals surface area contributed by atoms with Crippen molar-refractivity contribution in [1.29, 1.82) is 0 Å². The molecule has 2 saturated heterocycles. The number of carbonyl (C=O) groups excluding carboxylic acids is 2. The van der Waals surface area contributed by atoms with Gasteiger partial charge in [-0.15, -0.1) is 0 Å². The van der Waals surface area contributed by atoms with Gasteiger partial charge in [0, 0.05) is 51.2 Å². The van der Waals surface area contributed by atoms with Gasteiger partial charge in [0.15, 0.2) is 0 Å². The van der Waals surface area contributed by atoms with Crippen molar-refractivity contribution in [3.8, 4) is 0 Å². The fourth-order valence-corrected chi connectivity index (χ4v) is 4.01. The predicted octanol–water partition coefficient (Wildman–Crippen LogP) is 1.97. The van der Waals surface area contributed by atoms with E-state index in [2.05, 4.69) is 20.5 Å². The number of cyclic esters (lactones) is 1. The van der Waals surface area contributed by atoms with E-state index in [1.165, 1.54) is 19.1 Å². The molecular weight excluding hydrogens is 408 g/mol. The Morgan fingerprint density at radius 1 is 1.16 bits per heavy atom. The van der Waals surface area contributed by atoms with Crippen LogP contribution in [0.25, 0.3) is 0 Å². The quantitative estimate of drug-likeness (QED) is 0.753. The van der Waals surface area contributed by atoms with Gasteiger partial charge < -0.3 is 25.2 Å². The molecule has 1 aromatic carbocycles. The number of pyridine rings is 1. The number of hydrogen-bond acceptors (Lipinski definition) is 6. The summed E-state index contributed by atoms with van der Waals surface area (Å²) in [6, 6.07) is 5.33. The number of rotatable bonds is 5. The largest absolute Gasteiger partial charge is 0.442 e. The first kappa shape index (κ1) is 20.8. The second-order valence-electron chi connectivity index (χ2n) is 7.52. The molecule has 2 aliphatic heterocycles. The lowest BCUT2D eigenvalue weighted by atomic mass is 9.99. The second kappa shape index (κ2) is 8.75. The molecule has 0 saturated carbocycles. The average molecular weight is 431 g/mol. The van der Waals surface area contributed by atoms with Gasteiger partial charge >= 0.3 is 6.09 Å². The summed E-state index contributed by atoms with van der Waals surface area (Å²) in [5, 5.41) is 5.11. The number of nitrogens with one attached hydrogen (secondary N) is 2. The zero-order chi connectivity index (χ0) is 22.0. The van der Waals surface area contributed by atoms with Crippen molar-refractivity contribution in [2.75, 3.05) is 42.5 Å². The third-order valence-electron chi connectivity index (χ3n) is 5.46. The fourth-order valence-electron chi connectivity index (χ4n) is 4.01. The molecule has 10 heteroatoms. The Morgan fingerprint density at radius 2 is 1.77 bits per heavy atom. The van der Waals surface area contributed by atoms with Crippen LogP contribution in [0.15, 0.2) is 36.7 Å². The van der Waals surface area contributed by atoms with Crippen LogP contribution in [-0.2, 0) is 9.53 Å². The van der Waals surface area contributed by atoms with Crippen LogP contribution in [0.4, 0.5) is 25.0 Å². The van der Waals surface area contributed by atoms with Crippen LogP contribution < -0.4 is 20.4 Å². The number of aromatic nitrogens is 1. The number of piperazine rings is 1. The number of carbonyl (C=O) groups is 2. The SMILES string of the molecule is CC(=O)NC(c1cc(F)c(N2CCN(c3ccncc3)CC2)c(F)c1)[C@@H]1CNC(=O)O1. The summed E-state index contributed by atoms with van der Waals surface area (Å²) in [6.07, 6.45) is 2.03. The predicted molar refractivity (Wildman–Crippen MR) is 110 cm³/mol. The number of ether oxygens (including phenoxy) is 1. The van der Waals surface area contributed by atoms with Crippen molar-refractivity contribution in [2.45, 2.75) is 19.1 Å². The van der Waals surface area contributed by atoms with E-state index in [-0.39, 0.29) is 17.8 Å². The summed E-state index contributed by atoms with van der Waals surface area (Å²) in [6.45, 7) is 3.56. The first-order valence-electron chi connectivity index (χ1n) is 10.0. The molecule has 2 atom stereocenters. The average Bonchev–Trinajstić information content (AvgIpc) is 3.18. The van der Waals surface area contributed by atoms with Crippen LogP contribution in [-0.4, -0.2) is 55.8 Å². The smallest absolute Gasteiger partial charge is 0.407 e. The highest BCUT2D eigenvalue weighted by Gasteiger charge is 2.34. The highest BCUT2D eigenvalue weighted by molar-refractivity contribution is 5.74. The van der Waals surface area contributed by atoms with Gasteiger partial charge in [0.05, 0.1) is 12.6 Å².